The summed E-state index contributed by atoms with van der Waals surface area (Å²) in [6.07, 6.45) is 4.70. The zero-order valence-electron chi connectivity index (χ0n) is 14.0. The Morgan fingerprint density at radius 2 is 2.17 bits per heavy atom. The first-order valence-corrected chi connectivity index (χ1v) is 7.55. The predicted octanol–water partition coefficient (Wildman–Crippen LogP) is 3.33. The minimum Gasteiger partial charge on any atom is -0.397 e. The first-order chi connectivity index (χ1) is 11.3. The highest BCUT2D eigenvalue weighted by Gasteiger charge is 2.43. The average molecular weight is 335 g/mol. The van der Waals surface area contributed by atoms with Crippen molar-refractivity contribution in [3.63, 3.8) is 0 Å². The first kappa shape index (κ1) is 19.7. The molecule has 1 saturated heterocycles. The van der Waals surface area contributed by atoms with Crippen LogP contribution >= 0.6 is 0 Å². The van der Waals surface area contributed by atoms with E-state index in [4.69, 9.17) is 15.7 Å². The molecule has 0 radical (unpaired) electrons. The molecule has 24 heavy (non-hydrogen) atoms. The van der Waals surface area contributed by atoms with Gasteiger partial charge in [-0.05, 0) is 38.0 Å². The van der Waals surface area contributed by atoms with Crippen molar-refractivity contribution in [3.05, 3.63) is 59.5 Å². The molecule has 0 amide bonds. The Kier molecular flexibility index (Phi) is 6.93. The Bertz CT molecular complexity index is 639. The van der Waals surface area contributed by atoms with Gasteiger partial charge in [-0.15, -0.1) is 0 Å². The van der Waals surface area contributed by atoms with Crippen LogP contribution in [0.15, 0.2) is 59.5 Å². The maximum Gasteiger partial charge on any atom is 0.290 e. The molecule has 0 aliphatic carbocycles. The van der Waals surface area contributed by atoms with Crippen molar-refractivity contribution in [2.75, 3.05) is 13.2 Å². The van der Waals surface area contributed by atoms with Crippen LogP contribution in [-0.2, 0) is 4.74 Å². The third-order valence-corrected chi connectivity index (χ3v) is 3.65. The summed E-state index contributed by atoms with van der Waals surface area (Å²) >= 11 is 0. The summed E-state index contributed by atoms with van der Waals surface area (Å²) in [6, 6.07) is 0.901. The van der Waals surface area contributed by atoms with Crippen molar-refractivity contribution in [2.24, 2.45) is 5.73 Å². The summed E-state index contributed by atoms with van der Waals surface area (Å²) in [7, 11) is 0. The molecule has 0 spiro atoms. The monoisotopic (exact) mass is 335 g/mol. The second-order valence-electron chi connectivity index (χ2n) is 5.53. The second kappa shape index (κ2) is 8.46. The second-order valence-corrected chi connectivity index (χ2v) is 5.53. The fourth-order valence-electron chi connectivity index (χ4n) is 2.24. The van der Waals surface area contributed by atoms with Gasteiger partial charge in [0, 0.05) is 17.8 Å². The average Bonchev–Trinajstić information content (AvgIpc) is 2.54. The maximum atomic E-state index is 14.1. The van der Waals surface area contributed by atoms with Crippen molar-refractivity contribution in [2.45, 2.75) is 32.2 Å². The Hall–Kier alpha value is -2.39. The molecular formula is C18H23F2N3O. The van der Waals surface area contributed by atoms with Crippen molar-refractivity contribution >= 4 is 0 Å². The highest BCUT2D eigenvalue weighted by molar-refractivity contribution is 5.53. The van der Waals surface area contributed by atoms with E-state index in [2.05, 4.69) is 18.5 Å². The van der Waals surface area contributed by atoms with Crippen LogP contribution in [0.1, 0.15) is 20.3 Å². The fraction of sp³-hybridized carbons (Fsp3) is 0.389. The van der Waals surface area contributed by atoms with E-state index in [0.29, 0.717) is 22.4 Å². The Morgan fingerprint density at radius 1 is 1.50 bits per heavy atom. The molecular weight excluding hydrogens is 312 g/mol. The van der Waals surface area contributed by atoms with Gasteiger partial charge in [0.05, 0.1) is 23.5 Å². The van der Waals surface area contributed by atoms with Crippen LogP contribution < -0.4 is 11.1 Å². The van der Waals surface area contributed by atoms with Gasteiger partial charge < -0.3 is 15.8 Å². The highest BCUT2D eigenvalue weighted by Crippen LogP contribution is 2.29. The molecule has 1 fully saturated rings. The quantitative estimate of drug-likeness (QED) is 0.577. The molecule has 1 rings (SSSR count). The van der Waals surface area contributed by atoms with Crippen molar-refractivity contribution in [1.29, 1.82) is 5.26 Å². The van der Waals surface area contributed by atoms with Crippen molar-refractivity contribution < 1.29 is 13.5 Å². The summed E-state index contributed by atoms with van der Waals surface area (Å²) in [5.74, 6) is -3.02. The number of alkyl halides is 2. The lowest BCUT2D eigenvalue weighted by Crippen LogP contribution is -2.51. The molecule has 1 aliphatic heterocycles. The number of nitrogens with one attached hydrogen (secondary N) is 1. The van der Waals surface area contributed by atoms with Crippen LogP contribution in [0.25, 0.3) is 0 Å². The van der Waals surface area contributed by atoms with Gasteiger partial charge in [-0.2, -0.15) is 5.26 Å². The van der Waals surface area contributed by atoms with Gasteiger partial charge in [0.2, 0.25) is 0 Å². The summed E-state index contributed by atoms with van der Waals surface area (Å²) < 4.78 is 33.0. The molecule has 0 aromatic carbocycles. The van der Waals surface area contributed by atoms with Crippen LogP contribution in [0.2, 0.25) is 0 Å². The van der Waals surface area contributed by atoms with Crippen molar-refractivity contribution in [1.82, 2.24) is 5.32 Å². The van der Waals surface area contributed by atoms with Crippen LogP contribution in [0.4, 0.5) is 8.78 Å². The minimum absolute atomic E-state index is 0.138. The molecule has 0 saturated carbocycles. The lowest BCUT2D eigenvalue weighted by molar-refractivity contribution is -0.133. The van der Waals surface area contributed by atoms with E-state index in [-0.39, 0.29) is 18.7 Å². The molecule has 130 valence electrons. The molecule has 0 aromatic rings. The number of halogens is 2. The van der Waals surface area contributed by atoms with Gasteiger partial charge in [0.15, 0.2) is 0 Å². The molecule has 1 heterocycles. The predicted molar refractivity (Wildman–Crippen MR) is 91.0 cm³/mol. The zero-order chi connectivity index (χ0) is 18.3. The van der Waals surface area contributed by atoms with Gasteiger partial charge in [-0.25, -0.2) is 8.78 Å². The number of nitriles is 1. The maximum absolute atomic E-state index is 14.1. The number of ether oxygens (including phenoxy) is 1. The number of nitrogens with zero attached hydrogens (tertiary/aromatic N) is 1. The molecule has 6 heteroatoms. The van der Waals surface area contributed by atoms with Gasteiger partial charge in [-0.1, -0.05) is 19.2 Å². The smallest absolute Gasteiger partial charge is 0.290 e. The van der Waals surface area contributed by atoms with E-state index < -0.39 is 18.6 Å². The van der Waals surface area contributed by atoms with Crippen LogP contribution in [0.3, 0.4) is 0 Å². The molecule has 0 aromatic heterocycles. The van der Waals surface area contributed by atoms with Gasteiger partial charge >= 0.3 is 0 Å². The summed E-state index contributed by atoms with van der Waals surface area (Å²) in [4.78, 5) is 0. The van der Waals surface area contributed by atoms with E-state index in [1.54, 1.807) is 26.0 Å². The molecule has 4 nitrogen and oxygen atoms in total. The van der Waals surface area contributed by atoms with Crippen LogP contribution in [0, 0.1) is 11.3 Å². The Labute approximate surface area is 141 Å². The lowest BCUT2D eigenvalue weighted by Gasteiger charge is -2.34. The van der Waals surface area contributed by atoms with Crippen LogP contribution in [-0.4, -0.2) is 25.2 Å². The zero-order valence-corrected chi connectivity index (χ0v) is 14.0. The van der Waals surface area contributed by atoms with Gasteiger partial charge in [0.1, 0.15) is 6.61 Å². The van der Waals surface area contributed by atoms with Crippen molar-refractivity contribution in [3.8, 4) is 6.07 Å². The molecule has 3 N–H and O–H groups in total. The van der Waals surface area contributed by atoms with E-state index in [0.717, 1.165) is 0 Å². The molecule has 1 aliphatic rings. The third kappa shape index (κ3) is 4.80. The lowest BCUT2D eigenvalue weighted by atomic mass is 9.97. The van der Waals surface area contributed by atoms with E-state index in [1.807, 2.05) is 6.07 Å². The Morgan fingerprint density at radius 3 is 2.62 bits per heavy atom. The summed E-state index contributed by atoms with van der Waals surface area (Å²) in [5.41, 5.74) is 7.92. The molecule has 0 bridgehead atoms. The Balaban J connectivity index is 3.33. The molecule has 1 unspecified atom stereocenters. The van der Waals surface area contributed by atoms with Crippen LogP contribution in [0.5, 0.6) is 0 Å². The largest absolute Gasteiger partial charge is 0.397 e. The summed E-state index contributed by atoms with van der Waals surface area (Å²) in [6.45, 7) is 10.5. The van der Waals surface area contributed by atoms with Gasteiger partial charge in [0.25, 0.3) is 5.92 Å². The van der Waals surface area contributed by atoms with E-state index in [1.165, 1.54) is 6.08 Å². The van der Waals surface area contributed by atoms with Gasteiger partial charge in [-0.3, -0.25) is 0 Å². The first-order valence-electron chi connectivity index (χ1n) is 7.55. The number of nitrogens with two attached hydrogens (primary N) is 1. The number of hydrogen-bond acceptors (Lipinski definition) is 4. The SMILES string of the molecule is C=C\C(N)=C(NC1CCOCC1(F)F)/C(=C/C(C#N)=C\C)C(=C)C. The summed E-state index contributed by atoms with van der Waals surface area (Å²) in [5, 5.41) is 11.9. The standard InChI is InChI=1S/C18H23F2N3O/c1-5-13(10-21)9-14(12(3)4)17(15(22)6-2)23-16-7-8-24-11-18(16,19)20/h5-6,9,16,23H,2-3,7-8,11,22H2,1,4H3/b13-5+,14-9+,17-15-. The molecule has 1 atom stereocenters. The fourth-order valence-corrected chi connectivity index (χ4v) is 2.24. The highest BCUT2D eigenvalue weighted by atomic mass is 19.3. The third-order valence-electron chi connectivity index (χ3n) is 3.65. The normalized spacial score (nSPS) is 22.2. The topological polar surface area (TPSA) is 71.1 Å². The van der Waals surface area contributed by atoms with E-state index in [9.17, 15) is 8.78 Å². The number of rotatable bonds is 6. The number of hydrogen-bond donors (Lipinski definition) is 2. The number of allylic oxidation sites excluding steroid dienone is 5. The van der Waals surface area contributed by atoms with E-state index >= 15 is 0 Å². The minimum atomic E-state index is -3.02.